The summed E-state index contributed by atoms with van der Waals surface area (Å²) < 4.78 is 7.77. The number of likely N-dealkylation sites (N-methyl/N-ethyl adjacent to an activating group) is 1. The molecule has 0 heterocycles. The third-order valence-corrected chi connectivity index (χ3v) is 3.79. The number of benzene rings is 1. The normalized spacial score (nSPS) is 11.7. The fraction of sp³-hybridized carbons (Fsp3) is 0.467. The number of ether oxygens (including phenoxy) is 1. The van der Waals surface area contributed by atoms with E-state index in [9.17, 15) is 0 Å². The standard InChI is InChI=1S/C15H21Br2NO/c1-4-11(10-18-5-2)7-12-8-13(16)9-14(17)15(12)19-6-3/h7-9,18H,4-6,10H2,1-3H3. The molecule has 0 aliphatic rings. The topological polar surface area (TPSA) is 21.3 Å². The number of nitrogens with one attached hydrogen (secondary N) is 1. The largest absolute Gasteiger partial charge is 0.492 e. The van der Waals surface area contributed by atoms with E-state index < -0.39 is 0 Å². The predicted octanol–water partition coefficient (Wildman–Crippen LogP) is 5.01. The SMILES string of the molecule is CCNCC(=Cc1cc(Br)cc(Br)c1OCC)CC. The molecule has 19 heavy (non-hydrogen) atoms. The maximum absolute atomic E-state index is 5.74. The molecule has 1 aromatic rings. The van der Waals surface area contributed by atoms with Gasteiger partial charge in [-0.1, -0.05) is 41.4 Å². The summed E-state index contributed by atoms with van der Waals surface area (Å²) in [7, 11) is 0. The average molecular weight is 391 g/mol. The van der Waals surface area contributed by atoms with Gasteiger partial charge in [-0.05, 0) is 48.0 Å². The van der Waals surface area contributed by atoms with E-state index >= 15 is 0 Å². The molecule has 0 aliphatic carbocycles. The van der Waals surface area contributed by atoms with Crippen molar-refractivity contribution in [1.29, 1.82) is 0 Å². The van der Waals surface area contributed by atoms with Crippen LogP contribution in [-0.4, -0.2) is 19.7 Å². The summed E-state index contributed by atoms with van der Waals surface area (Å²) in [6.07, 6.45) is 3.24. The highest BCUT2D eigenvalue weighted by Crippen LogP contribution is 2.34. The van der Waals surface area contributed by atoms with Crippen LogP contribution in [0.25, 0.3) is 6.08 Å². The predicted molar refractivity (Wildman–Crippen MR) is 89.8 cm³/mol. The molecule has 1 N–H and O–H groups in total. The van der Waals surface area contributed by atoms with Crippen LogP contribution >= 0.6 is 31.9 Å². The second kappa shape index (κ2) is 8.77. The first-order valence-corrected chi connectivity index (χ1v) is 8.22. The first-order valence-electron chi connectivity index (χ1n) is 6.64. The fourth-order valence-corrected chi connectivity index (χ4v) is 3.14. The number of rotatable bonds is 7. The molecular weight excluding hydrogens is 370 g/mol. The Morgan fingerprint density at radius 3 is 2.58 bits per heavy atom. The second-order valence-electron chi connectivity index (χ2n) is 4.18. The highest BCUT2D eigenvalue weighted by molar-refractivity contribution is 9.11. The van der Waals surface area contributed by atoms with Crippen LogP contribution in [0.2, 0.25) is 0 Å². The van der Waals surface area contributed by atoms with Crippen LogP contribution in [0.15, 0.2) is 26.7 Å². The minimum absolute atomic E-state index is 0.662. The van der Waals surface area contributed by atoms with Gasteiger partial charge < -0.3 is 10.1 Å². The zero-order valence-electron chi connectivity index (χ0n) is 11.7. The highest BCUT2D eigenvalue weighted by atomic mass is 79.9. The maximum Gasteiger partial charge on any atom is 0.140 e. The van der Waals surface area contributed by atoms with Crippen LogP contribution in [0.4, 0.5) is 0 Å². The third kappa shape index (κ3) is 5.28. The zero-order valence-corrected chi connectivity index (χ0v) is 14.9. The van der Waals surface area contributed by atoms with Crippen molar-refractivity contribution in [1.82, 2.24) is 5.32 Å². The average Bonchev–Trinajstić information content (AvgIpc) is 2.38. The van der Waals surface area contributed by atoms with Gasteiger partial charge in [-0.15, -0.1) is 0 Å². The zero-order chi connectivity index (χ0) is 14.3. The molecule has 1 aromatic carbocycles. The lowest BCUT2D eigenvalue weighted by atomic mass is 10.1. The minimum atomic E-state index is 0.662. The maximum atomic E-state index is 5.74. The van der Waals surface area contributed by atoms with Crippen molar-refractivity contribution in [3.63, 3.8) is 0 Å². The molecule has 106 valence electrons. The lowest BCUT2D eigenvalue weighted by Gasteiger charge is -2.12. The van der Waals surface area contributed by atoms with Crippen LogP contribution < -0.4 is 10.1 Å². The van der Waals surface area contributed by atoms with Crippen LogP contribution in [0.1, 0.15) is 32.8 Å². The first-order chi connectivity index (χ1) is 9.12. The van der Waals surface area contributed by atoms with Gasteiger partial charge in [0.05, 0.1) is 11.1 Å². The quantitative estimate of drug-likeness (QED) is 0.706. The molecule has 0 unspecified atom stereocenters. The molecule has 0 aliphatic heterocycles. The number of hydrogen-bond acceptors (Lipinski definition) is 2. The molecule has 0 aromatic heterocycles. The van der Waals surface area contributed by atoms with Crippen molar-refractivity contribution in [2.24, 2.45) is 0 Å². The summed E-state index contributed by atoms with van der Waals surface area (Å²) in [4.78, 5) is 0. The Labute approximate surface area is 132 Å². The van der Waals surface area contributed by atoms with Crippen molar-refractivity contribution < 1.29 is 4.74 Å². The van der Waals surface area contributed by atoms with Crippen LogP contribution in [0.3, 0.4) is 0 Å². The fourth-order valence-electron chi connectivity index (χ4n) is 1.77. The van der Waals surface area contributed by atoms with Crippen LogP contribution in [0, 0.1) is 0 Å². The van der Waals surface area contributed by atoms with Gasteiger partial charge in [-0.3, -0.25) is 0 Å². The highest BCUT2D eigenvalue weighted by Gasteiger charge is 2.09. The third-order valence-electron chi connectivity index (χ3n) is 2.74. The summed E-state index contributed by atoms with van der Waals surface area (Å²) in [5.41, 5.74) is 2.48. The Morgan fingerprint density at radius 1 is 1.26 bits per heavy atom. The van der Waals surface area contributed by atoms with E-state index in [1.807, 2.05) is 13.0 Å². The second-order valence-corrected chi connectivity index (χ2v) is 5.95. The van der Waals surface area contributed by atoms with Gasteiger partial charge in [0.15, 0.2) is 0 Å². The Bertz CT molecular complexity index is 444. The summed E-state index contributed by atoms with van der Waals surface area (Å²) in [5.74, 6) is 0.910. The van der Waals surface area contributed by atoms with Crippen LogP contribution in [0.5, 0.6) is 5.75 Å². The Morgan fingerprint density at radius 2 is 2.00 bits per heavy atom. The molecule has 0 bridgehead atoms. The lowest BCUT2D eigenvalue weighted by Crippen LogP contribution is -2.15. The Balaban J connectivity index is 3.12. The summed E-state index contributed by atoms with van der Waals surface area (Å²) in [6, 6.07) is 4.11. The first kappa shape index (κ1) is 16.7. The van der Waals surface area contributed by atoms with E-state index in [0.29, 0.717) is 6.61 Å². The van der Waals surface area contributed by atoms with Gasteiger partial charge in [0.2, 0.25) is 0 Å². The van der Waals surface area contributed by atoms with Gasteiger partial charge >= 0.3 is 0 Å². The van der Waals surface area contributed by atoms with Gasteiger partial charge in [0, 0.05) is 16.6 Å². The molecule has 1 rings (SSSR count). The molecule has 0 radical (unpaired) electrons. The molecule has 0 saturated carbocycles. The van der Waals surface area contributed by atoms with E-state index in [1.165, 1.54) is 5.57 Å². The summed E-state index contributed by atoms with van der Waals surface area (Å²) >= 11 is 7.10. The van der Waals surface area contributed by atoms with E-state index in [4.69, 9.17) is 4.74 Å². The van der Waals surface area contributed by atoms with E-state index in [0.717, 1.165) is 39.8 Å². The van der Waals surface area contributed by atoms with Crippen molar-refractivity contribution in [2.75, 3.05) is 19.7 Å². The molecule has 0 saturated heterocycles. The number of halogens is 2. The van der Waals surface area contributed by atoms with Crippen molar-refractivity contribution in [3.8, 4) is 5.75 Å². The van der Waals surface area contributed by atoms with Crippen LogP contribution in [-0.2, 0) is 0 Å². The van der Waals surface area contributed by atoms with Gasteiger partial charge in [0.25, 0.3) is 0 Å². The van der Waals surface area contributed by atoms with Gasteiger partial charge in [-0.25, -0.2) is 0 Å². The molecule has 0 atom stereocenters. The van der Waals surface area contributed by atoms with E-state index in [1.54, 1.807) is 0 Å². The smallest absolute Gasteiger partial charge is 0.140 e. The van der Waals surface area contributed by atoms with Gasteiger partial charge in [0.1, 0.15) is 5.75 Å². The molecule has 0 fully saturated rings. The summed E-state index contributed by atoms with van der Waals surface area (Å²) in [5, 5.41) is 3.37. The Kier molecular flexibility index (Phi) is 7.73. The van der Waals surface area contributed by atoms with E-state index in [2.05, 4.69) is 63.2 Å². The van der Waals surface area contributed by atoms with Crippen molar-refractivity contribution in [3.05, 3.63) is 32.2 Å². The molecular formula is C15H21Br2NO. The molecule has 4 heteroatoms. The molecule has 0 amide bonds. The summed E-state index contributed by atoms with van der Waals surface area (Å²) in [6.45, 7) is 8.86. The number of hydrogen-bond donors (Lipinski definition) is 1. The van der Waals surface area contributed by atoms with Crippen molar-refractivity contribution in [2.45, 2.75) is 27.2 Å². The van der Waals surface area contributed by atoms with Gasteiger partial charge in [-0.2, -0.15) is 0 Å². The molecule has 2 nitrogen and oxygen atoms in total. The monoisotopic (exact) mass is 389 g/mol. The minimum Gasteiger partial charge on any atom is -0.492 e. The lowest BCUT2D eigenvalue weighted by molar-refractivity contribution is 0.337. The van der Waals surface area contributed by atoms with E-state index in [-0.39, 0.29) is 0 Å². The molecule has 0 spiro atoms. The Hall–Kier alpha value is -0.320. The van der Waals surface area contributed by atoms with Crippen molar-refractivity contribution >= 4 is 37.9 Å².